The number of aliphatic hydroxyl groups is 1. The van der Waals surface area contributed by atoms with Gasteiger partial charge in [-0.1, -0.05) is 39.8 Å². The number of rotatable bonds is 5. The Bertz CT molecular complexity index is 383. The van der Waals surface area contributed by atoms with Crippen molar-refractivity contribution in [1.82, 2.24) is 0 Å². The average Bonchev–Trinajstić information content (AvgIpc) is 2.34. The Morgan fingerprint density at radius 1 is 1.33 bits per heavy atom. The number of aryl methyl sites for hydroxylation is 1. The van der Waals surface area contributed by atoms with Crippen molar-refractivity contribution in [3.63, 3.8) is 0 Å². The van der Waals surface area contributed by atoms with Crippen LogP contribution in [0, 0.1) is 0 Å². The number of benzene rings is 1. The summed E-state index contributed by atoms with van der Waals surface area (Å²) in [5.41, 5.74) is 8.18. The fourth-order valence-electron chi connectivity index (χ4n) is 1.76. The van der Waals surface area contributed by atoms with E-state index in [1.807, 2.05) is 6.07 Å². The quantitative estimate of drug-likeness (QED) is 0.844. The fourth-order valence-corrected chi connectivity index (χ4v) is 1.76. The topological polar surface area (TPSA) is 55.5 Å². The summed E-state index contributed by atoms with van der Waals surface area (Å²) in [5.74, 6) is 0.864. The molecule has 0 fully saturated rings. The SMILES string of the molecule is CCc1ccc(OCC(N)CO)c(C(C)(C)C)c1. The van der Waals surface area contributed by atoms with Gasteiger partial charge < -0.3 is 15.6 Å². The third-order valence-corrected chi connectivity index (χ3v) is 2.95. The predicted octanol–water partition coefficient (Wildman–Crippen LogP) is 2.24. The highest BCUT2D eigenvalue weighted by molar-refractivity contribution is 5.41. The summed E-state index contributed by atoms with van der Waals surface area (Å²) in [4.78, 5) is 0. The Labute approximate surface area is 110 Å². The maximum absolute atomic E-state index is 8.92. The molecule has 0 saturated heterocycles. The molecule has 0 aliphatic rings. The Morgan fingerprint density at radius 3 is 2.50 bits per heavy atom. The van der Waals surface area contributed by atoms with Crippen molar-refractivity contribution >= 4 is 0 Å². The van der Waals surface area contributed by atoms with Crippen molar-refractivity contribution in [3.8, 4) is 5.75 Å². The van der Waals surface area contributed by atoms with E-state index in [-0.39, 0.29) is 18.1 Å². The van der Waals surface area contributed by atoms with E-state index in [1.165, 1.54) is 11.1 Å². The van der Waals surface area contributed by atoms with E-state index in [9.17, 15) is 0 Å². The minimum atomic E-state index is -0.330. The molecule has 3 heteroatoms. The molecule has 1 unspecified atom stereocenters. The zero-order valence-electron chi connectivity index (χ0n) is 11.9. The van der Waals surface area contributed by atoms with Crippen LogP contribution in [0.4, 0.5) is 0 Å². The third-order valence-electron chi connectivity index (χ3n) is 2.95. The summed E-state index contributed by atoms with van der Waals surface area (Å²) in [6.07, 6.45) is 1.01. The Morgan fingerprint density at radius 2 is 2.00 bits per heavy atom. The molecule has 3 nitrogen and oxygen atoms in total. The highest BCUT2D eigenvalue weighted by Gasteiger charge is 2.19. The molecule has 0 saturated carbocycles. The van der Waals surface area contributed by atoms with Crippen LogP contribution in [0.1, 0.15) is 38.8 Å². The van der Waals surface area contributed by atoms with Crippen LogP contribution < -0.4 is 10.5 Å². The van der Waals surface area contributed by atoms with Crippen LogP contribution in [0.5, 0.6) is 5.75 Å². The van der Waals surface area contributed by atoms with Crippen LogP contribution in [0.25, 0.3) is 0 Å². The molecule has 0 amide bonds. The zero-order valence-corrected chi connectivity index (χ0v) is 11.9. The van der Waals surface area contributed by atoms with Gasteiger partial charge in [-0.15, -0.1) is 0 Å². The molecule has 18 heavy (non-hydrogen) atoms. The second-order valence-electron chi connectivity index (χ2n) is 5.69. The molecule has 1 atom stereocenters. The molecule has 1 rings (SSSR count). The standard InChI is InChI=1S/C15H25NO2/c1-5-11-6-7-14(18-10-12(16)9-17)13(8-11)15(2,3)4/h6-8,12,17H,5,9-10,16H2,1-4H3. The number of aliphatic hydroxyl groups excluding tert-OH is 1. The lowest BCUT2D eigenvalue weighted by atomic mass is 9.85. The second-order valence-corrected chi connectivity index (χ2v) is 5.69. The highest BCUT2D eigenvalue weighted by atomic mass is 16.5. The molecule has 0 spiro atoms. The molecule has 0 radical (unpaired) electrons. The van der Waals surface area contributed by atoms with Gasteiger partial charge in [-0.2, -0.15) is 0 Å². The van der Waals surface area contributed by atoms with E-state index in [0.717, 1.165) is 12.2 Å². The summed E-state index contributed by atoms with van der Waals surface area (Å²) in [7, 11) is 0. The summed E-state index contributed by atoms with van der Waals surface area (Å²) in [6, 6.07) is 5.95. The van der Waals surface area contributed by atoms with Crippen LogP contribution in [0.15, 0.2) is 18.2 Å². The van der Waals surface area contributed by atoms with Crippen molar-refractivity contribution in [2.24, 2.45) is 5.73 Å². The maximum Gasteiger partial charge on any atom is 0.123 e. The van der Waals surface area contributed by atoms with E-state index in [0.29, 0.717) is 6.61 Å². The second kappa shape index (κ2) is 6.21. The molecule has 0 aromatic heterocycles. The van der Waals surface area contributed by atoms with Gasteiger partial charge in [0.2, 0.25) is 0 Å². The molecule has 1 aromatic carbocycles. The smallest absolute Gasteiger partial charge is 0.123 e. The molecule has 0 bridgehead atoms. The highest BCUT2D eigenvalue weighted by Crippen LogP contribution is 2.32. The van der Waals surface area contributed by atoms with Gasteiger partial charge >= 0.3 is 0 Å². The normalized spacial score (nSPS) is 13.4. The first-order chi connectivity index (χ1) is 8.38. The van der Waals surface area contributed by atoms with Gasteiger partial charge in [0.05, 0.1) is 12.6 Å². The molecule has 0 heterocycles. The van der Waals surface area contributed by atoms with E-state index in [2.05, 4.69) is 39.8 Å². The lowest BCUT2D eigenvalue weighted by Gasteiger charge is -2.24. The first kappa shape index (κ1) is 15.0. The number of nitrogens with two attached hydrogens (primary N) is 1. The fraction of sp³-hybridized carbons (Fsp3) is 0.600. The Kier molecular flexibility index (Phi) is 5.17. The molecule has 1 aromatic rings. The van der Waals surface area contributed by atoms with Crippen LogP contribution >= 0.6 is 0 Å². The average molecular weight is 251 g/mol. The summed E-state index contributed by atoms with van der Waals surface area (Å²) in [6.45, 7) is 8.93. The first-order valence-electron chi connectivity index (χ1n) is 6.51. The molecule has 102 valence electrons. The van der Waals surface area contributed by atoms with E-state index in [1.54, 1.807) is 0 Å². The van der Waals surface area contributed by atoms with Crippen molar-refractivity contribution in [1.29, 1.82) is 0 Å². The zero-order chi connectivity index (χ0) is 13.8. The summed E-state index contributed by atoms with van der Waals surface area (Å²) in [5, 5.41) is 8.92. The predicted molar refractivity (Wildman–Crippen MR) is 75.1 cm³/mol. The first-order valence-corrected chi connectivity index (χ1v) is 6.51. The van der Waals surface area contributed by atoms with E-state index in [4.69, 9.17) is 15.6 Å². The van der Waals surface area contributed by atoms with E-state index >= 15 is 0 Å². The summed E-state index contributed by atoms with van der Waals surface area (Å²) < 4.78 is 5.73. The van der Waals surface area contributed by atoms with Crippen molar-refractivity contribution in [3.05, 3.63) is 29.3 Å². The van der Waals surface area contributed by atoms with Crippen molar-refractivity contribution in [2.45, 2.75) is 45.6 Å². The van der Waals surface area contributed by atoms with Crippen LogP contribution in [0.3, 0.4) is 0 Å². The number of hydrogen-bond donors (Lipinski definition) is 2. The molecule has 0 aliphatic carbocycles. The Balaban J connectivity index is 2.96. The van der Waals surface area contributed by atoms with Gasteiger partial charge in [0.25, 0.3) is 0 Å². The molecular weight excluding hydrogens is 226 g/mol. The van der Waals surface area contributed by atoms with Crippen molar-refractivity contribution < 1.29 is 9.84 Å². The van der Waals surface area contributed by atoms with Gasteiger partial charge in [-0.05, 0) is 29.0 Å². The van der Waals surface area contributed by atoms with Gasteiger partial charge in [-0.3, -0.25) is 0 Å². The maximum atomic E-state index is 8.92. The lowest BCUT2D eigenvalue weighted by molar-refractivity contribution is 0.204. The minimum Gasteiger partial charge on any atom is -0.492 e. The van der Waals surface area contributed by atoms with Gasteiger partial charge in [0.15, 0.2) is 0 Å². The van der Waals surface area contributed by atoms with Crippen LogP contribution in [0.2, 0.25) is 0 Å². The van der Waals surface area contributed by atoms with Crippen molar-refractivity contribution in [2.75, 3.05) is 13.2 Å². The van der Waals surface area contributed by atoms with Crippen LogP contribution in [-0.4, -0.2) is 24.4 Å². The molecule has 0 aliphatic heterocycles. The largest absolute Gasteiger partial charge is 0.492 e. The number of hydrogen-bond acceptors (Lipinski definition) is 3. The number of ether oxygens (including phenoxy) is 1. The van der Waals surface area contributed by atoms with Crippen LogP contribution in [-0.2, 0) is 11.8 Å². The van der Waals surface area contributed by atoms with Gasteiger partial charge in [-0.25, -0.2) is 0 Å². The Hall–Kier alpha value is -1.06. The van der Waals surface area contributed by atoms with Gasteiger partial charge in [0.1, 0.15) is 12.4 Å². The molecule has 3 N–H and O–H groups in total. The monoisotopic (exact) mass is 251 g/mol. The third kappa shape index (κ3) is 4.00. The molecular formula is C15H25NO2. The minimum absolute atomic E-state index is 0.0316. The lowest BCUT2D eigenvalue weighted by Crippen LogP contribution is -2.31. The van der Waals surface area contributed by atoms with Gasteiger partial charge in [0, 0.05) is 0 Å². The summed E-state index contributed by atoms with van der Waals surface area (Å²) >= 11 is 0. The van der Waals surface area contributed by atoms with E-state index < -0.39 is 0 Å².